The first kappa shape index (κ1) is 12.2. The number of aromatic nitrogens is 2. The summed E-state index contributed by atoms with van der Waals surface area (Å²) in [7, 11) is 0. The SMILES string of the molecule is FC(F)C(F)(F)COc1ncc(Br)cn1. The molecule has 1 aromatic heterocycles. The van der Waals surface area contributed by atoms with Crippen molar-refractivity contribution < 1.29 is 22.3 Å². The topological polar surface area (TPSA) is 35.0 Å². The molecule has 0 aliphatic carbocycles. The van der Waals surface area contributed by atoms with Crippen LogP contribution in [0.1, 0.15) is 0 Å². The normalized spacial score (nSPS) is 11.9. The Hall–Kier alpha value is -0.920. The second kappa shape index (κ2) is 4.73. The second-order valence-corrected chi connectivity index (χ2v) is 3.45. The highest BCUT2D eigenvalue weighted by Crippen LogP contribution is 2.23. The third kappa shape index (κ3) is 3.61. The van der Waals surface area contributed by atoms with E-state index in [0.29, 0.717) is 4.47 Å². The first-order chi connectivity index (χ1) is 6.92. The highest BCUT2D eigenvalue weighted by Gasteiger charge is 2.41. The summed E-state index contributed by atoms with van der Waals surface area (Å²) in [5.41, 5.74) is 0. The Morgan fingerprint density at radius 1 is 1.33 bits per heavy atom. The van der Waals surface area contributed by atoms with E-state index in [1.54, 1.807) is 0 Å². The third-order valence-electron chi connectivity index (χ3n) is 1.31. The van der Waals surface area contributed by atoms with Crippen molar-refractivity contribution in [3.8, 4) is 6.01 Å². The summed E-state index contributed by atoms with van der Waals surface area (Å²) in [6.07, 6.45) is -1.26. The van der Waals surface area contributed by atoms with Crippen LogP contribution in [0.25, 0.3) is 0 Å². The van der Waals surface area contributed by atoms with Crippen LogP contribution < -0.4 is 4.74 Å². The number of nitrogens with zero attached hydrogens (tertiary/aromatic N) is 2. The zero-order chi connectivity index (χ0) is 11.5. The molecule has 1 heterocycles. The average molecular weight is 289 g/mol. The minimum absolute atomic E-state index is 0.376. The number of alkyl halides is 4. The molecule has 15 heavy (non-hydrogen) atoms. The summed E-state index contributed by atoms with van der Waals surface area (Å²) in [5.74, 6) is -4.20. The Kier molecular flexibility index (Phi) is 3.83. The van der Waals surface area contributed by atoms with Gasteiger partial charge in [-0.15, -0.1) is 0 Å². The van der Waals surface area contributed by atoms with Crippen LogP contribution in [0.15, 0.2) is 16.9 Å². The van der Waals surface area contributed by atoms with E-state index in [0.717, 1.165) is 0 Å². The Bertz CT molecular complexity index is 319. The summed E-state index contributed by atoms with van der Waals surface area (Å²) in [6, 6.07) is -0.376. The van der Waals surface area contributed by atoms with Crippen molar-refractivity contribution in [3.63, 3.8) is 0 Å². The number of ether oxygens (including phenoxy) is 1. The fraction of sp³-hybridized carbons (Fsp3) is 0.429. The van der Waals surface area contributed by atoms with Crippen LogP contribution in [0.4, 0.5) is 17.6 Å². The van der Waals surface area contributed by atoms with Crippen molar-refractivity contribution in [2.45, 2.75) is 12.3 Å². The van der Waals surface area contributed by atoms with E-state index in [1.807, 2.05) is 0 Å². The Labute approximate surface area is 90.6 Å². The number of hydrogen-bond acceptors (Lipinski definition) is 3. The van der Waals surface area contributed by atoms with Gasteiger partial charge in [0.1, 0.15) is 0 Å². The molecule has 1 rings (SSSR count). The first-order valence-electron chi connectivity index (χ1n) is 3.68. The molecule has 0 saturated carbocycles. The molecule has 0 unspecified atom stereocenters. The molecule has 1 aromatic rings. The number of halogens is 5. The summed E-state index contributed by atoms with van der Waals surface area (Å²) < 4.78 is 53.0. The monoisotopic (exact) mass is 288 g/mol. The van der Waals surface area contributed by atoms with Crippen LogP contribution in [0, 0.1) is 0 Å². The minimum atomic E-state index is -4.20. The van der Waals surface area contributed by atoms with E-state index in [-0.39, 0.29) is 6.01 Å². The zero-order valence-corrected chi connectivity index (χ0v) is 8.72. The van der Waals surface area contributed by atoms with E-state index in [1.165, 1.54) is 12.4 Å². The van der Waals surface area contributed by atoms with Gasteiger partial charge >= 0.3 is 18.4 Å². The summed E-state index contributed by atoms with van der Waals surface area (Å²) >= 11 is 3.01. The molecule has 0 amide bonds. The van der Waals surface area contributed by atoms with Crippen LogP contribution in [-0.2, 0) is 0 Å². The van der Waals surface area contributed by atoms with Gasteiger partial charge in [-0.2, -0.15) is 8.78 Å². The average Bonchev–Trinajstić information content (AvgIpc) is 2.17. The van der Waals surface area contributed by atoms with Gasteiger partial charge in [0.2, 0.25) is 0 Å². The lowest BCUT2D eigenvalue weighted by molar-refractivity contribution is -0.149. The smallest absolute Gasteiger partial charge is 0.340 e. The molecule has 0 aromatic carbocycles. The molecule has 0 radical (unpaired) electrons. The molecule has 0 fully saturated rings. The molecule has 0 saturated heterocycles. The Balaban J connectivity index is 2.54. The molecule has 0 bridgehead atoms. The summed E-state index contributed by atoms with van der Waals surface area (Å²) in [4.78, 5) is 6.96. The molecule has 0 spiro atoms. The maximum atomic E-state index is 12.4. The predicted molar refractivity (Wildman–Crippen MR) is 46.2 cm³/mol. The third-order valence-corrected chi connectivity index (χ3v) is 1.72. The van der Waals surface area contributed by atoms with E-state index in [4.69, 9.17) is 0 Å². The maximum absolute atomic E-state index is 12.4. The van der Waals surface area contributed by atoms with Gasteiger partial charge in [-0.05, 0) is 15.9 Å². The molecule has 3 nitrogen and oxygen atoms in total. The molecular formula is C7H5BrF4N2O. The lowest BCUT2D eigenvalue weighted by Gasteiger charge is -2.14. The zero-order valence-electron chi connectivity index (χ0n) is 7.13. The van der Waals surface area contributed by atoms with Gasteiger partial charge in [-0.1, -0.05) is 0 Å². The van der Waals surface area contributed by atoms with E-state index < -0.39 is 19.0 Å². The second-order valence-electron chi connectivity index (χ2n) is 2.53. The Morgan fingerprint density at radius 3 is 2.33 bits per heavy atom. The van der Waals surface area contributed by atoms with Crippen LogP contribution >= 0.6 is 15.9 Å². The molecule has 0 aliphatic heterocycles. The number of hydrogen-bond donors (Lipinski definition) is 0. The highest BCUT2D eigenvalue weighted by molar-refractivity contribution is 9.10. The standard InChI is InChI=1S/C7H5BrF4N2O/c8-4-1-13-6(14-2-4)15-3-7(11,12)5(9)10/h1-2,5H,3H2. The van der Waals surface area contributed by atoms with Gasteiger partial charge in [0, 0.05) is 12.4 Å². The lowest BCUT2D eigenvalue weighted by atomic mass is 10.4. The van der Waals surface area contributed by atoms with Gasteiger partial charge in [-0.25, -0.2) is 18.7 Å². The molecule has 0 N–H and O–H groups in total. The number of rotatable bonds is 4. The largest absolute Gasteiger partial charge is 0.457 e. The fourth-order valence-electron chi connectivity index (χ4n) is 0.599. The van der Waals surface area contributed by atoms with Crippen molar-refractivity contribution >= 4 is 15.9 Å². The summed E-state index contributed by atoms with van der Waals surface area (Å²) in [5, 5.41) is 0. The quantitative estimate of drug-likeness (QED) is 0.799. The van der Waals surface area contributed by atoms with Gasteiger partial charge in [-0.3, -0.25) is 0 Å². The van der Waals surface area contributed by atoms with Gasteiger partial charge in [0.05, 0.1) is 4.47 Å². The highest BCUT2D eigenvalue weighted by atomic mass is 79.9. The van der Waals surface area contributed by atoms with Crippen molar-refractivity contribution in [2.24, 2.45) is 0 Å². The summed E-state index contributed by atoms with van der Waals surface area (Å²) in [6.45, 7) is -1.45. The molecule has 84 valence electrons. The maximum Gasteiger partial charge on any atom is 0.340 e. The van der Waals surface area contributed by atoms with Crippen molar-refractivity contribution in [3.05, 3.63) is 16.9 Å². The van der Waals surface area contributed by atoms with Crippen LogP contribution in [0.3, 0.4) is 0 Å². The minimum Gasteiger partial charge on any atom is -0.457 e. The van der Waals surface area contributed by atoms with Gasteiger partial charge in [0.15, 0.2) is 6.61 Å². The van der Waals surface area contributed by atoms with Crippen LogP contribution in [0.5, 0.6) is 6.01 Å². The Morgan fingerprint density at radius 2 is 1.87 bits per heavy atom. The van der Waals surface area contributed by atoms with Crippen molar-refractivity contribution in [2.75, 3.05) is 6.61 Å². The van der Waals surface area contributed by atoms with Crippen molar-refractivity contribution in [1.29, 1.82) is 0 Å². The van der Waals surface area contributed by atoms with Crippen LogP contribution in [0.2, 0.25) is 0 Å². The molecule has 0 aliphatic rings. The van der Waals surface area contributed by atoms with E-state index >= 15 is 0 Å². The molecule has 8 heteroatoms. The fourth-order valence-corrected chi connectivity index (χ4v) is 0.803. The van der Waals surface area contributed by atoms with Crippen LogP contribution in [-0.4, -0.2) is 28.9 Å². The van der Waals surface area contributed by atoms with Gasteiger partial charge < -0.3 is 4.74 Å². The predicted octanol–water partition coefficient (Wildman–Crippen LogP) is 2.52. The van der Waals surface area contributed by atoms with Gasteiger partial charge in [0.25, 0.3) is 0 Å². The van der Waals surface area contributed by atoms with Crippen molar-refractivity contribution in [1.82, 2.24) is 9.97 Å². The lowest BCUT2D eigenvalue weighted by Crippen LogP contribution is -2.34. The van der Waals surface area contributed by atoms with E-state index in [2.05, 4.69) is 30.6 Å². The first-order valence-corrected chi connectivity index (χ1v) is 4.47. The molecular weight excluding hydrogens is 284 g/mol. The van der Waals surface area contributed by atoms with E-state index in [9.17, 15) is 17.6 Å². The molecule has 0 atom stereocenters.